The van der Waals surface area contributed by atoms with Gasteiger partial charge in [-0.05, 0) is 41.4 Å². The zero-order valence-corrected chi connectivity index (χ0v) is 16.7. The maximum atomic E-state index is 12.4. The Labute approximate surface area is 171 Å². The molecule has 8 nitrogen and oxygen atoms in total. The standard InChI is InChI=1S/C20H22N4O4S/c25-19-17-2-1-7-21-18(17)29-24(19)20(26)22-14-15-3-5-16(6-4-15)28-13-10-23-8-11-27-12-9-23/h1-7H,8-14H2,(H,22,26). The lowest BCUT2D eigenvalue weighted by atomic mass is 10.2. The molecule has 1 fully saturated rings. The van der Waals surface area contributed by atoms with Crippen LogP contribution in [0.1, 0.15) is 5.56 Å². The monoisotopic (exact) mass is 414 g/mol. The number of carbonyl (C=O) groups excluding carboxylic acids is 1. The zero-order valence-electron chi connectivity index (χ0n) is 15.9. The molecule has 0 saturated carbocycles. The molecule has 2 aromatic heterocycles. The van der Waals surface area contributed by atoms with Crippen LogP contribution in [0.2, 0.25) is 0 Å². The summed E-state index contributed by atoms with van der Waals surface area (Å²) >= 11 is 1.04. The maximum Gasteiger partial charge on any atom is 0.338 e. The summed E-state index contributed by atoms with van der Waals surface area (Å²) in [6, 6.07) is 10.5. The van der Waals surface area contributed by atoms with Gasteiger partial charge < -0.3 is 14.8 Å². The Kier molecular flexibility index (Phi) is 6.18. The smallest absolute Gasteiger partial charge is 0.338 e. The molecule has 1 aliphatic rings. The summed E-state index contributed by atoms with van der Waals surface area (Å²) in [5.74, 6) is 0.792. The fraction of sp³-hybridized carbons (Fsp3) is 0.350. The zero-order chi connectivity index (χ0) is 20.1. The van der Waals surface area contributed by atoms with E-state index in [4.69, 9.17) is 9.47 Å². The average molecular weight is 414 g/mol. The molecule has 1 aliphatic heterocycles. The number of pyridine rings is 1. The Morgan fingerprint density at radius 1 is 1.21 bits per heavy atom. The number of amides is 1. The molecule has 9 heteroatoms. The van der Waals surface area contributed by atoms with E-state index in [0.717, 1.165) is 59.7 Å². The molecular weight excluding hydrogens is 392 g/mol. The Morgan fingerprint density at radius 2 is 2.00 bits per heavy atom. The van der Waals surface area contributed by atoms with Crippen molar-refractivity contribution >= 4 is 27.8 Å². The lowest BCUT2D eigenvalue weighted by molar-refractivity contribution is 0.0322. The van der Waals surface area contributed by atoms with E-state index in [1.165, 1.54) is 0 Å². The highest BCUT2D eigenvalue weighted by Gasteiger charge is 2.14. The maximum absolute atomic E-state index is 12.4. The Hall–Kier alpha value is -2.75. The SMILES string of the molecule is O=C(NCc1ccc(OCCN2CCOCC2)cc1)n1sc2ncccc2c1=O. The van der Waals surface area contributed by atoms with Gasteiger partial charge in [-0.1, -0.05) is 12.1 Å². The molecule has 152 valence electrons. The number of carbonyl (C=O) groups is 1. The normalized spacial score (nSPS) is 14.8. The number of aromatic nitrogens is 2. The van der Waals surface area contributed by atoms with Crippen molar-refractivity contribution in [2.75, 3.05) is 39.5 Å². The highest BCUT2D eigenvalue weighted by Crippen LogP contribution is 2.14. The number of hydrogen-bond acceptors (Lipinski definition) is 7. The van der Waals surface area contributed by atoms with Crippen LogP contribution in [-0.4, -0.2) is 59.3 Å². The second-order valence-electron chi connectivity index (χ2n) is 6.65. The molecule has 1 amide bonds. The molecule has 1 saturated heterocycles. The van der Waals surface area contributed by atoms with Gasteiger partial charge in [0.2, 0.25) is 0 Å². The summed E-state index contributed by atoms with van der Waals surface area (Å²) in [6.07, 6.45) is 1.60. The minimum atomic E-state index is -0.455. The van der Waals surface area contributed by atoms with Crippen LogP contribution in [0.4, 0.5) is 4.79 Å². The van der Waals surface area contributed by atoms with E-state index < -0.39 is 6.03 Å². The summed E-state index contributed by atoms with van der Waals surface area (Å²) < 4.78 is 12.2. The van der Waals surface area contributed by atoms with Gasteiger partial charge in [-0.15, -0.1) is 0 Å². The van der Waals surface area contributed by atoms with Gasteiger partial charge in [0.05, 0.1) is 18.6 Å². The van der Waals surface area contributed by atoms with Crippen LogP contribution in [-0.2, 0) is 11.3 Å². The number of benzene rings is 1. The lowest BCUT2D eigenvalue weighted by Gasteiger charge is -2.26. The molecule has 0 unspecified atom stereocenters. The van der Waals surface area contributed by atoms with E-state index in [1.807, 2.05) is 24.3 Å². The molecule has 29 heavy (non-hydrogen) atoms. The highest BCUT2D eigenvalue weighted by atomic mass is 32.1. The van der Waals surface area contributed by atoms with Gasteiger partial charge in [0, 0.05) is 32.4 Å². The van der Waals surface area contributed by atoms with E-state index in [9.17, 15) is 9.59 Å². The summed E-state index contributed by atoms with van der Waals surface area (Å²) in [4.78, 5) is 31.6. The van der Waals surface area contributed by atoms with E-state index >= 15 is 0 Å². The second kappa shape index (κ2) is 9.17. The Morgan fingerprint density at radius 3 is 2.76 bits per heavy atom. The van der Waals surface area contributed by atoms with E-state index in [2.05, 4.69) is 15.2 Å². The fourth-order valence-corrected chi connectivity index (χ4v) is 3.93. The third-order valence-corrected chi connectivity index (χ3v) is 5.71. The summed E-state index contributed by atoms with van der Waals surface area (Å²) in [5, 5.41) is 3.22. The van der Waals surface area contributed by atoms with Crippen LogP contribution in [0.15, 0.2) is 47.4 Å². The number of ether oxygens (including phenoxy) is 2. The average Bonchev–Trinajstić information content (AvgIpc) is 3.11. The molecule has 0 spiro atoms. The quantitative estimate of drug-likeness (QED) is 0.663. The van der Waals surface area contributed by atoms with Crippen LogP contribution in [0.3, 0.4) is 0 Å². The first-order valence-electron chi connectivity index (χ1n) is 9.48. The number of nitrogens with zero attached hydrogens (tertiary/aromatic N) is 3. The van der Waals surface area contributed by atoms with Crippen molar-refractivity contribution in [3.63, 3.8) is 0 Å². The first kappa shape index (κ1) is 19.6. The van der Waals surface area contributed by atoms with E-state index in [0.29, 0.717) is 23.4 Å². The van der Waals surface area contributed by atoms with Gasteiger partial charge in [-0.25, -0.2) is 9.78 Å². The summed E-state index contributed by atoms with van der Waals surface area (Å²) in [6.45, 7) is 5.27. The van der Waals surface area contributed by atoms with E-state index in [-0.39, 0.29) is 5.56 Å². The van der Waals surface area contributed by atoms with Crippen LogP contribution in [0, 0.1) is 0 Å². The molecule has 0 radical (unpaired) electrons. The first-order valence-corrected chi connectivity index (χ1v) is 10.3. The van der Waals surface area contributed by atoms with Gasteiger partial charge >= 0.3 is 6.03 Å². The fourth-order valence-electron chi connectivity index (χ4n) is 3.07. The third-order valence-electron chi connectivity index (χ3n) is 4.70. The van der Waals surface area contributed by atoms with Crippen molar-refractivity contribution in [3.8, 4) is 5.75 Å². The number of morpholine rings is 1. The predicted octanol–water partition coefficient (Wildman–Crippen LogP) is 1.93. The van der Waals surface area contributed by atoms with Crippen molar-refractivity contribution in [3.05, 3.63) is 58.5 Å². The molecule has 0 atom stereocenters. The molecule has 3 aromatic rings. The minimum Gasteiger partial charge on any atom is -0.492 e. The van der Waals surface area contributed by atoms with Gasteiger partial charge in [0.1, 0.15) is 17.2 Å². The molecule has 0 aliphatic carbocycles. The Bertz CT molecular complexity index is 1020. The number of fused-ring (bicyclic) bond motifs is 1. The number of rotatable bonds is 6. The molecule has 0 bridgehead atoms. The van der Waals surface area contributed by atoms with Crippen LogP contribution in [0.5, 0.6) is 5.75 Å². The van der Waals surface area contributed by atoms with Gasteiger partial charge in [0.25, 0.3) is 5.56 Å². The molecule has 3 heterocycles. The van der Waals surface area contributed by atoms with Crippen molar-refractivity contribution < 1.29 is 14.3 Å². The van der Waals surface area contributed by atoms with Crippen molar-refractivity contribution in [2.45, 2.75) is 6.54 Å². The molecule has 1 aromatic carbocycles. The van der Waals surface area contributed by atoms with Gasteiger partial charge in [-0.2, -0.15) is 3.96 Å². The third kappa shape index (κ3) is 4.81. The van der Waals surface area contributed by atoms with Crippen molar-refractivity contribution in [2.24, 2.45) is 0 Å². The largest absolute Gasteiger partial charge is 0.492 e. The van der Waals surface area contributed by atoms with Crippen molar-refractivity contribution in [1.29, 1.82) is 0 Å². The minimum absolute atomic E-state index is 0.320. The predicted molar refractivity (Wildman–Crippen MR) is 111 cm³/mol. The van der Waals surface area contributed by atoms with Crippen LogP contribution in [0.25, 0.3) is 10.2 Å². The van der Waals surface area contributed by atoms with E-state index in [1.54, 1.807) is 18.3 Å². The summed E-state index contributed by atoms with van der Waals surface area (Å²) in [7, 11) is 0. The molecule has 1 N–H and O–H groups in total. The molecule has 4 rings (SSSR count). The van der Waals surface area contributed by atoms with Crippen LogP contribution >= 0.6 is 11.5 Å². The first-order chi connectivity index (χ1) is 14.2. The van der Waals surface area contributed by atoms with Gasteiger partial charge in [0.15, 0.2) is 0 Å². The number of hydrogen-bond donors (Lipinski definition) is 1. The van der Waals surface area contributed by atoms with Gasteiger partial charge in [-0.3, -0.25) is 9.69 Å². The highest BCUT2D eigenvalue weighted by molar-refractivity contribution is 7.14. The Balaban J connectivity index is 1.27. The van der Waals surface area contributed by atoms with Crippen LogP contribution < -0.4 is 15.6 Å². The molecular formula is C20H22N4O4S. The van der Waals surface area contributed by atoms with Crippen molar-refractivity contribution in [1.82, 2.24) is 19.2 Å². The summed E-state index contributed by atoms with van der Waals surface area (Å²) in [5.41, 5.74) is 0.575. The topological polar surface area (TPSA) is 85.7 Å². The lowest BCUT2D eigenvalue weighted by Crippen LogP contribution is -2.38. The number of nitrogens with one attached hydrogen (secondary N) is 1. The second-order valence-corrected chi connectivity index (χ2v) is 7.59.